The molecule has 0 unspecified atom stereocenters. The fourth-order valence-electron chi connectivity index (χ4n) is 1.96. The SMILES string of the molecule is COc1c(CCN)cnn1Cc1ccc(C)cc1. The van der Waals surface area contributed by atoms with Gasteiger partial charge in [-0.05, 0) is 25.5 Å². The summed E-state index contributed by atoms with van der Waals surface area (Å²) in [5.74, 6) is 0.807. The maximum Gasteiger partial charge on any atom is 0.215 e. The molecular formula is C14H19N3O. The van der Waals surface area contributed by atoms with Gasteiger partial charge in [0.2, 0.25) is 5.88 Å². The van der Waals surface area contributed by atoms with Crippen molar-refractivity contribution in [1.82, 2.24) is 9.78 Å². The van der Waals surface area contributed by atoms with Crippen LogP contribution in [0.1, 0.15) is 16.7 Å². The maximum absolute atomic E-state index is 5.57. The van der Waals surface area contributed by atoms with Crippen molar-refractivity contribution in [2.45, 2.75) is 19.9 Å². The molecule has 0 saturated heterocycles. The van der Waals surface area contributed by atoms with Gasteiger partial charge in [-0.1, -0.05) is 29.8 Å². The third-order valence-corrected chi connectivity index (χ3v) is 2.92. The summed E-state index contributed by atoms with van der Waals surface area (Å²) in [6.45, 7) is 3.40. The summed E-state index contributed by atoms with van der Waals surface area (Å²) in [5.41, 5.74) is 9.10. The monoisotopic (exact) mass is 245 g/mol. The van der Waals surface area contributed by atoms with Crippen LogP contribution in [-0.2, 0) is 13.0 Å². The van der Waals surface area contributed by atoms with Crippen molar-refractivity contribution in [2.75, 3.05) is 13.7 Å². The minimum Gasteiger partial charge on any atom is -0.481 e. The number of rotatable bonds is 5. The molecule has 2 rings (SSSR count). The van der Waals surface area contributed by atoms with Gasteiger partial charge >= 0.3 is 0 Å². The number of nitrogens with two attached hydrogens (primary N) is 1. The Morgan fingerprint density at radius 2 is 2.00 bits per heavy atom. The second kappa shape index (κ2) is 5.69. The van der Waals surface area contributed by atoms with Gasteiger partial charge in [0.25, 0.3) is 0 Å². The normalized spacial score (nSPS) is 10.6. The molecule has 0 amide bonds. The van der Waals surface area contributed by atoms with Crippen LogP contribution in [0.5, 0.6) is 5.88 Å². The summed E-state index contributed by atoms with van der Waals surface area (Å²) in [4.78, 5) is 0. The molecule has 0 atom stereocenters. The lowest BCUT2D eigenvalue weighted by Crippen LogP contribution is -2.07. The highest BCUT2D eigenvalue weighted by molar-refractivity contribution is 5.27. The zero-order valence-corrected chi connectivity index (χ0v) is 10.9. The highest BCUT2D eigenvalue weighted by atomic mass is 16.5. The van der Waals surface area contributed by atoms with E-state index >= 15 is 0 Å². The number of hydrogen-bond acceptors (Lipinski definition) is 3. The minimum atomic E-state index is 0.604. The number of hydrogen-bond donors (Lipinski definition) is 1. The largest absolute Gasteiger partial charge is 0.481 e. The standard InChI is InChI=1S/C14H19N3O/c1-11-3-5-12(6-4-11)10-17-14(18-2)13(7-8-15)9-16-17/h3-6,9H,7-8,10,15H2,1-2H3. The topological polar surface area (TPSA) is 53.1 Å². The summed E-state index contributed by atoms with van der Waals surface area (Å²) in [6.07, 6.45) is 2.62. The van der Waals surface area contributed by atoms with E-state index in [4.69, 9.17) is 10.5 Å². The van der Waals surface area contributed by atoms with Crippen LogP contribution in [-0.4, -0.2) is 23.4 Å². The van der Waals surface area contributed by atoms with Gasteiger partial charge in [-0.3, -0.25) is 0 Å². The molecule has 1 heterocycles. The molecule has 0 aliphatic heterocycles. The molecule has 1 aromatic carbocycles. The maximum atomic E-state index is 5.57. The molecule has 4 heteroatoms. The first kappa shape index (κ1) is 12.6. The zero-order chi connectivity index (χ0) is 13.0. The summed E-state index contributed by atoms with van der Waals surface area (Å²) < 4.78 is 7.28. The van der Waals surface area contributed by atoms with Crippen molar-refractivity contribution in [3.8, 4) is 5.88 Å². The number of nitrogens with zero attached hydrogens (tertiary/aromatic N) is 2. The van der Waals surface area contributed by atoms with Crippen molar-refractivity contribution in [2.24, 2.45) is 5.73 Å². The first-order valence-corrected chi connectivity index (χ1v) is 6.09. The zero-order valence-electron chi connectivity index (χ0n) is 10.9. The smallest absolute Gasteiger partial charge is 0.215 e. The Labute approximate surface area is 107 Å². The van der Waals surface area contributed by atoms with Crippen molar-refractivity contribution >= 4 is 0 Å². The molecule has 2 N–H and O–H groups in total. The van der Waals surface area contributed by atoms with Gasteiger partial charge in [0.05, 0.1) is 19.9 Å². The second-order valence-electron chi connectivity index (χ2n) is 4.36. The molecule has 1 aromatic heterocycles. The average molecular weight is 245 g/mol. The van der Waals surface area contributed by atoms with E-state index in [1.807, 2.05) is 10.9 Å². The van der Waals surface area contributed by atoms with Crippen LogP contribution in [0.15, 0.2) is 30.5 Å². The Balaban J connectivity index is 2.20. The highest BCUT2D eigenvalue weighted by Gasteiger charge is 2.10. The van der Waals surface area contributed by atoms with E-state index in [0.29, 0.717) is 13.1 Å². The Hall–Kier alpha value is -1.81. The first-order valence-electron chi connectivity index (χ1n) is 6.09. The molecule has 0 bridgehead atoms. The first-order chi connectivity index (χ1) is 8.74. The molecule has 0 fully saturated rings. The molecule has 96 valence electrons. The average Bonchev–Trinajstić information content (AvgIpc) is 2.75. The lowest BCUT2D eigenvalue weighted by Gasteiger charge is -2.08. The van der Waals surface area contributed by atoms with E-state index in [-0.39, 0.29) is 0 Å². The molecule has 2 aromatic rings. The number of ether oxygens (including phenoxy) is 1. The summed E-state index contributed by atoms with van der Waals surface area (Å²) in [5, 5.41) is 4.36. The number of aromatic nitrogens is 2. The van der Waals surface area contributed by atoms with E-state index in [2.05, 4.69) is 36.3 Å². The molecule has 4 nitrogen and oxygen atoms in total. The quantitative estimate of drug-likeness (QED) is 0.873. The lowest BCUT2D eigenvalue weighted by atomic mass is 10.1. The number of benzene rings is 1. The van der Waals surface area contributed by atoms with Crippen LogP contribution < -0.4 is 10.5 Å². The van der Waals surface area contributed by atoms with Gasteiger partial charge in [0, 0.05) is 5.56 Å². The van der Waals surface area contributed by atoms with Crippen molar-refractivity contribution in [3.05, 3.63) is 47.2 Å². The van der Waals surface area contributed by atoms with E-state index in [9.17, 15) is 0 Å². The summed E-state index contributed by atoms with van der Waals surface area (Å²) in [7, 11) is 1.67. The van der Waals surface area contributed by atoms with E-state index in [1.165, 1.54) is 11.1 Å². The van der Waals surface area contributed by atoms with Gasteiger partial charge in [0.1, 0.15) is 0 Å². The Morgan fingerprint density at radius 1 is 1.28 bits per heavy atom. The Kier molecular flexibility index (Phi) is 3.99. The van der Waals surface area contributed by atoms with Gasteiger partial charge in [-0.25, -0.2) is 4.68 Å². The molecule has 0 saturated carbocycles. The van der Waals surface area contributed by atoms with Gasteiger partial charge < -0.3 is 10.5 Å². The Bertz CT molecular complexity index is 502. The molecule has 0 spiro atoms. The van der Waals surface area contributed by atoms with Crippen LogP contribution in [0.25, 0.3) is 0 Å². The summed E-state index contributed by atoms with van der Waals surface area (Å²) >= 11 is 0. The van der Waals surface area contributed by atoms with E-state index in [0.717, 1.165) is 17.9 Å². The van der Waals surface area contributed by atoms with Crippen molar-refractivity contribution < 1.29 is 4.74 Å². The van der Waals surface area contributed by atoms with Crippen LogP contribution in [0.2, 0.25) is 0 Å². The second-order valence-corrected chi connectivity index (χ2v) is 4.36. The van der Waals surface area contributed by atoms with Crippen molar-refractivity contribution in [3.63, 3.8) is 0 Å². The van der Waals surface area contributed by atoms with Gasteiger partial charge in [-0.15, -0.1) is 0 Å². The highest BCUT2D eigenvalue weighted by Crippen LogP contribution is 2.19. The van der Waals surface area contributed by atoms with Crippen LogP contribution in [0, 0.1) is 6.92 Å². The van der Waals surface area contributed by atoms with Crippen molar-refractivity contribution in [1.29, 1.82) is 0 Å². The van der Waals surface area contributed by atoms with Crippen LogP contribution >= 0.6 is 0 Å². The van der Waals surface area contributed by atoms with Gasteiger partial charge in [0.15, 0.2) is 0 Å². The number of methoxy groups -OCH3 is 1. The van der Waals surface area contributed by atoms with Crippen LogP contribution in [0.3, 0.4) is 0 Å². The molecule has 18 heavy (non-hydrogen) atoms. The minimum absolute atomic E-state index is 0.604. The summed E-state index contributed by atoms with van der Waals surface area (Å²) in [6, 6.07) is 8.43. The van der Waals surface area contributed by atoms with E-state index in [1.54, 1.807) is 7.11 Å². The van der Waals surface area contributed by atoms with E-state index < -0.39 is 0 Å². The predicted octanol–water partition coefficient (Wildman–Crippen LogP) is 1.75. The molecule has 0 aliphatic rings. The fourth-order valence-corrected chi connectivity index (χ4v) is 1.96. The van der Waals surface area contributed by atoms with Crippen LogP contribution in [0.4, 0.5) is 0 Å². The molecular weight excluding hydrogens is 226 g/mol. The lowest BCUT2D eigenvalue weighted by molar-refractivity contribution is 0.363. The molecule has 0 aliphatic carbocycles. The molecule has 0 radical (unpaired) electrons. The number of aryl methyl sites for hydroxylation is 1. The Morgan fingerprint density at radius 3 is 2.61 bits per heavy atom. The third-order valence-electron chi connectivity index (χ3n) is 2.92. The third kappa shape index (κ3) is 2.71. The predicted molar refractivity (Wildman–Crippen MR) is 71.8 cm³/mol. The van der Waals surface area contributed by atoms with Gasteiger partial charge in [-0.2, -0.15) is 5.10 Å². The fraction of sp³-hybridized carbons (Fsp3) is 0.357.